The quantitative estimate of drug-likeness (QED) is 0.858. The Kier molecular flexibility index (Phi) is 6.47. The molecule has 0 spiro atoms. The van der Waals surface area contributed by atoms with E-state index in [2.05, 4.69) is 21.1 Å². The zero-order valence-electron chi connectivity index (χ0n) is 17.4. The van der Waals surface area contributed by atoms with Crippen molar-refractivity contribution in [2.24, 2.45) is 5.92 Å². The molecule has 8 heteroatoms. The summed E-state index contributed by atoms with van der Waals surface area (Å²) < 4.78 is 1.54. The Morgan fingerprint density at radius 3 is 2.72 bits per heavy atom. The second-order valence-electron chi connectivity index (χ2n) is 7.32. The first kappa shape index (κ1) is 20.8. The topological polar surface area (TPSA) is 108 Å². The maximum Gasteiger partial charge on any atom is 0.257 e. The van der Waals surface area contributed by atoms with Gasteiger partial charge in [-0.3, -0.25) is 14.6 Å². The van der Waals surface area contributed by atoms with Gasteiger partial charge in [0.1, 0.15) is 0 Å². The van der Waals surface area contributed by atoms with Gasteiger partial charge in [-0.15, -0.1) is 0 Å². The lowest BCUT2D eigenvalue weighted by Crippen LogP contribution is -2.38. The van der Waals surface area contributed by atoms with Crippen LogP contribution in [0.2, 0.25) is 0 Å². The smallest absolute Gasteiger partial charge is 0.257 e. The van der Waals surface area contributed by atoms with E-state index in [1.54, 1.807) is 6.20 Å². The summed E-state index contributed by atoms with van der Waals surface area (Å²) in [6.07, 6.45) is 6.32. The van der Waals surface area contributed by atoms with Crippen molar-refractivity contribution < 1.29 is 4.79 Å². The van der Waals surface area contributed by atoms with E-state index in [1.165, 1.54) is 4.68 Å². The number of aromatic nitrogens is 4. The van der Waals surface area contributed by atoms with Crippen LogP contribution in [0.1, 0.15) is 66.8 Å². The van der Waals surface area contributed by atoms with Crippen LogP contribution in [0.3, 0.4) is 0 Å². The third-order valence-electron chi connectivity index (χ3n) is 5.65. The van der Waals surface area contributed by atoms with E-state index in [4.69, 9.17) is 5.26 Å². The van der Waals surface area contributed by atoms with Gasteiger partial charge in [-0.1, -0.05) is 13.8 Å². The summed E-state index contributed by atoms with van der Waals surface area (Å²) in [5, 5.41) is 13.1. The number of H-pyrrole nitrogens is 1. The van der Waals surface area contributed by atoms with Crippen LogP contribution in [0, 0.1) is 24.2 Å². The summed E-state index contributed by atoms with van der Waals surface area (Å²) >= 11 is 0. The van der Waals surface area contributed by atoms with E-state index in [-0.39, 0.29) is 11.5 Å². The van der Waals surface area contributed by atoms with Crippen LogP contribution in [-0.4, -0.2) is 43.6 Å². The highest BCUT2D eigenvalue weighted by Crippen LogP contribution is 2.23. The van der Waals surface area contributed by atoms with E-state index >= 15 is 0 Å². The molecule has 1 amide bonds. The van der Waals surface area contributed by atoms with Crippen LogP contribution < -0.4 is 5.56 Å². The number of hydrogen-bond acceptors (Lipinski definition) is 5. The van der Waals surface area contributed by atoms with Crippen molar-refractivity contribution in [1.29, 1.82) is 5.26 Å². The molecule has 4 rings (SSSR count). The van der Waals surface area contributed by atoms with Crippen molar-refractivity contribution in [2.45, 2.75) is 59.3 Å². The van der Waals surface area contributed by atoms with Gasteiger partial charge in [-0.05, 0) is 44.9 Å². The number of aryl methyl sites for hydroxylation is 1. The van der Waals surface area contributed by atoms with Gasteiger partial charge in [0.2, 0.25) is 5.95 Å². The Morgan fingerprint density at radius 2 is 2.03 bits per heavy atom. The number of hydrogen-bond donors (Lipinski definition) is 1. The summed E-state index contributed by atoms with van der Waals surface area (Å²) in [4.78, 5) is 34.3. The largest absolute Gasteiger partial charge is 0.339 e. The molecular formula is C21H28N6O2. The number of nitrogens with one attached hydrogen (secondary N) is 1. The third kappa shape index (κ3) is 4.09. The minimum Gasteiger partial charge on any atom is -0.339 e. The number of carbonyl (C=O) groups excluding carboxylic acids is 1. The standard InChI is InChI=1S/C19H22N6O2.C2H6/c1-12-15(18(27)24-9-6-13(5-8-20)7-10-24)11-21-25(12)19-22-16-4-2-3-14(16)17(26)23-19;1-2/h11,13H,2-7,9-10H2,1H3,(H,22,23,26);1-2H3. The van der Waals surface area contributed by atoms with Crippen LogP contribution in [0.15, 0.2) is 11.0 Å². The highest BCUT2D eigenvalue weighted by molar-refractivity contribution is 5.95. The van der Waals surface area contributed by atoms with E-state index in [0.29, 0.717) is 42.6 Å². The molecule has 3 heterocycles. The van der Waals surface area contributed by atoms with Crippen molar-refractivity contribution in [2.75, 3.05) is 13.1 Å². The van der Waals surface area contributed by atoms with Crippen molar-refractivity contribution >= 4 is 5.91 Å². The minimum absolute atomic E-state index is 0.0577. The van der Waals surface area contributed by atoms with Crippen LogP contribution in [-0.2, 0) is 12.8 Å². The lowest BCUT2D eigenvalue weighted by Gasteiger charge is -2.30. The van der Waals surface area contributed by atoms with Crippen molar-refractivity contribution in [3.8, 4) is 12.0 Å². The molecule has 154 valence electrons. The van der Waals surface area contributed by atoms with Gasteiger partial charge in [0.15, 0.2) is 0 Å². The number of likely N-dealkylation sites (tertiary alicyclic amines) is 1. The van der Waals surface area contributed by atoms with Gasteiger partial charge in [0, 0.05) is 25.1 Å². The molecule has 0 radical (unpaired) electrons. The number of amides is 1. The fourth-order valence-corrected chi connectivity index (χ4v) is 4.00. The third-order valence-corrected chi connectivity index (χ3v) is 5.65. The van der Waals surface area contributed by atoms with Crippen molar-refractivity contribution in [3.05, 3.63) is 39.1 Å². The first-order valence-electron chi connectivity index (χ1n) is 10.4. The monoisotopic (exact) mass is 396 g/mol. The number of piperidine rings is 1. The maximum atomic E-state index is 12.9. The SMILES string of the molecule is CC.Cc1c(C(=O)N2CCC(CC#N)CC2)cnn1-c1nc2c(c(=O)[nH]1)CCC2. The molecule has 1 saturated heterocycles. The van der Waals surface area contributed by atoms with Gasteiger partial charge in [0.05, 0.1) is 29.2 Å². The second-order valence-corrected chi connectivity index (χ2v) is 7.32. The molecule has 0 unspecified atom stereocenters. The number of nitriles is 1. The van der Waals surface area contributed by atoms with E-state index in [1.807, 2.05) is 25.7 Å². The van der Waals surface area contributed by atoms with Gasteiger partial charge >= 0.3 is 0 Å². The molecule has 2 aliphatic rings. The Hall–Kier alpha value is -2.95. The van der Waals surface area contributed by atoms with Gasteiger partial charge < -0.3 is 4.90 Å². The highest BCUT2D eigenvalue weighted by Gasteiger charge is 2.27. The predicted octanol–water partition coefficient (Wildman–Crippen LogP) is 2.54. The molecule has 0 saturated carbocycles. The van der Waals surface area contributed by atoms with Gasteiger partial charge in [-0.25, -0.2) is 9.67 Å². The van der Waals surface area contributed by atoms with E-state index < -0.39 is 0 Å². The molecule has 0 aromatic carbocycles. The first-order chi connectivity index (χ1) is 14.1. The maximum absolute atomic E-state index is 12.9. The molecule has 1 N–H and O–H groups in total. The zero-order valence-corrected chi connectivity index (χ0v) is 17.4. The first-order valence-corrected chi connectivity index (χ1v) is 10.4. The lowest BCUT2D eigenvalue weighted by molar-refractivity contribution is 0.0691. The molecule has 2 aromatic heterocycles. The predicted molar refractivity (Wildman–Crippen MR) is 109 cm³/mol. The Bertz CT molecular complexity index is 976. The molecule has 8 nitrogen and oxygen atoms in total. The summed E-state index contributed by atoms with van der Waals surface area (Å²) in [5.74, 6) is 0.686. The van der Waals surface area contributed by atoms with Gasteiger partial charge in [-0.2, -0.15) is 10.4 Å². The summed E-state index contributed by atoms with van der Waals surface area (Å²) in [5.41, 5.74) is 2.67. The summed E-state index contributed by atoms with van der Waals surface area (Å²) in [6.45, 7) is 7.13. The molecule has 0 bridgehead atoms. The van der Waals surface area contributed by atoms with Crippen molar-refractivity contribution in [1.82, 2.24) is 24.6 Å². The molecular weight excluding hydrogens is 368 g/mol. The molecule has 0 atom stereocenters. The molecule has 1 aliphatic heterocycles. The number of rotatable bonds is 3. The molecule has 29 heavy (non-hydrogen) atoms. The number of carbonyl (C=O) groups is 1. The molecule has 2 aromatic rings. The van der Waals surface area contributed by atoms with E-state index in [9.17, 15) is 9.59 Å². The zero-order chi connectivity index (χ0) is 21.0. The Labute approximate surface area is 170 Å². The summed E-state index contributed by atoms with van der Waals surface area (Å²) in [7, 11) is 0. The molecule has 1 fully saturated rings. The van der Waals surface area contributed by atoms with Crippen LogP contribution in [0.25, 0.3) is 5.95 Å². The second kappa shape index (κ2) is 9.03. The average molecular weight is 396 g/mol. The van der Waals surface area contributed by atoms with Gasteiger partial charge in [0.25, 0.3) is 11.5 Å². The Balaban J connectivity index is 0.00000117. The number of fused-ring (bicyclic) bond motifs is 1. The normalized spacial score (nSPS) is 16.0. The lowest BCUT2D eigenvalue weighted by atomic mass is 9.94. The highest BCUT2D eigenvalue weighted by atomic mass is 16.2. The van der Waals surface area contributed by atoms with E-state index in [0.717, 1.165) is 43.4 Å². The number of nitrogens with zero attached hydrogens (tertiary/aromatic N) is 5. The average Bonchev–Trinajstić information content (AvgIpc) is 3.36. The minimum atomic E-state index is -0.116. The number of aromatic amines is 1. The van der Waals surface area contributed by atoms with Crippen molar-refractivity contribution in [3.63, 3.8) is 0 Å². The van der Waals surface area contributed by atoms with Crippen LogP contribution in [0.5, 0.6) is 0 Å². The van der Waals surface area contributed by atoms with Crippen LogP contribution in [0.4, 0.5) is 0 Å². The summed E-state index contributed by atoms with van der Waals surface area (Å²) in [6, 6.07) is 2.21. The molecule has 1 aliphatic carbocycles. The fourth-order valence-electron chi connectivity index (χ4n) is 4.00. The van der Waals surface area contributed by atoms with Crippen LogP contribution >= 0.6 is 0 Å². The Morgan fingerprint density at radius 1 is 1.31 bits per heavy atom. The fraction of sp³-hybridized carbons (Fsp3) is 0.571.